The Bertz CT molecular complexity index is 876. The molecule has 0 amide bonds. The van der Waals surface area contributed by atoms with Crippen molar-refractivity contribution < 1.29 is 9.90 Å². The Morgan fingerprint density at radius 1 is 0.846 bits per heavy atom. The van der Waals surface area contributed by atoms with Gasteiger partial charge in [0.2, 0.25) is 5.12 Å². The minimum absolute atomic E-state index is 0.0625. The predicted octanol–water partition coefficient (Wildman–Crippen LogP) is 5.73. The summed E-state index contributed by atoms with van der Waals surface area (Å²) in [6, 6.07) is 21.6. The zero-order valence-electron chi connectivity index (χ0n) is 15.0. The first kappa shape index (κ1) is 18.3. The van der Waals surface area contributed by atoms with Gasteiger partial charge in [-0.2, -0.15) is 0 Å². The third-order valence-corrected chi connectivity index (χ3v) is 5.33. The molecule has 132 valence electrons. The molecule has 3 rings (SSSR count). The number of rotatable bonds is 5. The van der Waals surface area contributed by atoms with E-state index in [-0.39, 0.29) is 5.12 Å². The Morgan fingerprint density at radius 2 is 1.42 bits per heavy atom. The highest BCUT2D eigenvalue weighted by Crippen LogP contribution is 2.25. The molecule has 0 spiro atoms. The van der Waals surface area contributed by atoms with Gasteiger partial charge in [-0.1, -0.05) is 54.6 Å². The number of phenols is 1. The quantitative estimate of drug-likeness (QED) is 0.589. The zero-order chi connectivity index (χ0) is 18.5. The fraction of sp³-hybridized carbons (Fsp3) is 0.174. The molecule has 26 heavy (non-hydrogen) atoms. The van der Waals surface area contributed by atoms with Crippen LogP contribution in [0.15, 0.2) is 71.6 Å². The monoisotopic (exact) mass is 362 g/mol. The van der Waals surface area contributed by atoms with Crippen LogP contribution in [0.2, 0.25) is 0 Å². The number of carbonyl (C=O) groups excluding carboxylic acids is 1. The Balaban J connectivity index is 1.62. The Hall–Kier alpha value is -2.52. The average Bonchev–Trinajstić information content (AvgIpc) is 2.65. The lowest BCUT2D eigenvalue weighted by molar-refractivity contribution is 0.108. The second-order valence-corrected chi connectivity index (χ2v) is 7.52. The SMILES string of the molecule is Cc1cc(CCc2ccc(C(=O)Sc3ccccc3)cc2)cc(C)c1O. The van der Waals surface area contributed by atoms with Crippen LogP contribution < -0.4 is 0 Å². The Morgan fingerprint density at radius 3 is 2.04 bits per heavy atom. The summed E-state index contributed by atoms with van der Waals surface area (Å²) in [5, 5.41) is 9.93. The van der Waals surface area contributed by atoms with Crippen LogP contribution in [0, 0.1) is 13.8 Å². The van der Waals surface area contributed by atoms with Crippen LogP contribution in [-0.2, 0) is 12.8 Å². The molecule has 3 aromatic carbocycles. The molecule has 0 aliphatic carbocycles. The van der Waals surface area contributed by atoms with E-state index in [4.69, 9.17) is 0 Å². The van der Waals surface area contributed by atoms with E-state index in [9.17, 15) is 9.90 Å². The molecule has 0 aliphatic heterocycles. The molecule has 0 heterocycles. The Kier molecular flexibility index (Phi) is 5.79. The molecular formula is C23H22O2S. The van der Waals surface area contributed by atoms with Crippen LogP contribution in [0.1, 0.15) is 32.6 Å². The molecule has 0 atom stereocenters. The Labute approximate surface area is 158 Å². The zero-order valence-corrected chi connectivity index (χ0v) is 15.8. The van der Waals surface area contributed by atoms with Crippen molar-refractivity contribution in [2.24, 2.45) is 0 Å². The van der Waals surface area contributed by atoms with Crippen LogP contribution in [0.5, 0.6) is 5.75 Å². The van der Waals surface area contributed by atoms with Crippen molar-refractivity contribution in [3.63, 3.8) is 0 Å². The van der Waals surface area contributed by atoms with E-state index in [2.05, 4.69) is 0 Å². The summed E-state index contributed by atoms with van der Waals surface area (Å²) < 4.78 is 0. The number of aromatic hydroxyl groups is 1. The van der Waals surface area contributed by atoms with Crippen molar-refractivity contribution in [3.8, 4) is 5.75 Å². The van der Waals surface area contributed by atoms with Crippen LogP contribution >= 0.6 is 11.8 Å². The lowest BCUT2D eigenvalue weighted by Gasteiger charge is -2.08. The highest BCUT2D eigenvalue weighted by atomic mass is 32.2. The van der Waals surface area contributed by atoms with E-state index in [1.165, 1.54) is 22.9 Å². The van der Waals surface area contributed by atoms with Gasteiger partial charge in [0, 0.05) is 10.5 Å². The third kappa shape index (κ3) is 4.55. The normalized spacial score (nSPS) is 10.7. The molecule has 0 saturated heterocycles. The van der Waals surface area contributed by atoms with Crippen LogP contribution in [0.4, 0.5) is 0 Å². The van der Waals surface area contributed by atoms with E-state index in [1.807, 2.05) is 80.6 Å². The molecule has 1 N–H and O–H groups in total. The second kappa shape index (κ2) is 8.24. The number of thioether (sulfide) groups is 1. The van der Waals surface area contributed by atoms with Gasteiger partial charge < -0.3 is 5.11 Å². The van der Waals surface area contributed by atoms with Gasteiger partial charge in [-0.3, -0.25) is 4.79 Å². The fourth-order valence-corrected chi connectivity index (χ4v) is 3.70. The van der Waals surface area contributed by atoms with E-state index in [1.54, 1.807) is 0 Å². The lowest BCUT2D eigenvalue weighted by Crippen LogP contribution is -1.96. The number of phenolic OH excluding ortho intramolecular Hbond substituents is 1. The summed E-state index contributed by atoms with van der Waals surface area (Å²) in [5.41, 5.74) is 4.98. The maximum Gasteiger partial charge on any atom is 0.224 e. The summed E-state index contributed by atoms with van der Waals surface area (Å²) in [5.74, 6) is 0.382. The largest absolute Gasteiger partial charge is 0.507 e. The number of hydrogen-bond acceptors (Lipinski definition) is 3. The molecule has 0 fully saturated rings. The van der Waals surface area contributed by atoms with Gasteiger partial charge in [0.25, 0.3) is 0 Å². The molecule has 2 nitrogen and oxygen atoms in total. The van der Waals surface area contributed by atoms with Gasteiger partial charge in [-0.25, -0.2) is 0 Å². The van der Waals surface area contributed by atoms with Crippen molar-refractivity contribution >= 4 is 16.9 Å². The first-order valence-corrected chi connectivity index (χ1v) is 9.50. The average molecular weight is 362 g/mol. The minimum Gasteiger partial charge on any atom is -0.507 e. The van der Waals surface area contributed by atoms with Crippen molar-refractivity contribution in [1.82, 2.24) is 0 Å². The van der Waals surface area contributed by atoms with Gasteiger partial charge in [-0.15, -0.1) is 0 Å². The summed E-state index contributed by atoms with van der Waals surface area (Å²) in [4.78, 5) is 13.3. The van der Waals surface area contributed by atoms with Gasteiger partial charge in [0.15, 0.2) is 0 Å². The minimum atomic E-state index is 0.0625. The molecule has 0 aliphatic rings. The molecule has 0 unspecified atom stereocenters. The van der Waals surface area contributed by atoms with E-state index < -0.39 is 0 Å². The van der Waals surface area contributed by atoms with Crippen LogP contribution in [0.25, 0.3) is 0 Å². The second-order valence-electron chi connectivity index (χ2n) is 6.48. The van der Waals surface area contributed by atoms with Crippen LogP contribution in [-0.4, -0.2) is 10.2 Å². The molecule has 0 saturated carbocycles. The van der Waals surface area contributed by atoms with E-state index >= 15 is 0 Å². The van der Waals surface area contributed by atoms with Gasteiger partial charge in [0.05, 0.1) is 0 Å². The maximum absolute atomic E-state index is 12.4. The molecule has 0 radical (unpaired) electrons. The van der Waals surface area contributed by atoms with Crippen molar-refractivity contribution in [2.75, 3.05) is 0 Å². The third-order valence-electron chi connectivity index (χ3n) is 4.40. The predicted molar refractivity (Wildman–Crippen MR) is 108 cm³/mol. The highest BCUT2D eigenvalue weighted by molar-refractivity contribution is 8.14. The number of hydrogen-bond donors (Lipinski definition) is 1. The number of aryl methyl sites for hydroxylation is 4. The molecule has 3 aromatic rings. The summed E-state index contributed by atoms with van der Waals surface area (Å²) in [6.07, 6.45) is 1.82. The van der Waals surface area contributed by atoms with Gasteiger partial charge >= 0.3 is 0 Å². The first-order valence-electron chi connectivity index (χ1n) is 8.68. The smallest absolute Gasteiger partial charge is 0.224 e. The lowest BCUT2D eigenvalue weighted by atomic mass is 9.99. The topological polar surface area (TPSA) is 37.3 Å². The first-order chi connectivity index (χ1) is 12.5. The highest BCUT2D eigenvalue weighted by Gasteiger charge is 2.08. The summed E-state index contributed by atoms with van der Waals surface area (Å²) >= 11 is 1.25. The number of carbonyl (C=O) groups is 1. The molecule has 3 heteroatoms. The van der Waals surface area contributed by atoms with Gasteiger partial charge in [-0.05, 0) is 72.8 Å². The van der Waals surface area contributed by atoms with E-state index in [0.29, 0.717) is 5.75 Å². The van der Waals surface area contributed by atoms with Crippen LogP contribution in [0.3, 0.4) is 0 Å². The standard InChI is InChI=1S/C23H22O2S/c1-16-14-19(15-17(2)22(16)24)9-8-18-10-12-20(13-11-18)23(25)26-21-6-4-3-5-7-21/h3-7,10-15,24H,8-9H2,1-2H3. The van der Waals surface area contributed by atoms with Gasteiger partial charge in [0.1, 0.15) is 5.75 Å². The molecule has 0 aromatic heterocycles. The maximum atomic E-state index is 12.4. The van der Waals surface area contributed by atoms with Crippen molar-refractivity contribution in [2.45, 2.75) is 31.6 Å². The molecular weight excluding hydrogens is 340 g/mol. The van der Waals surface area contributed by atoms with Crippen molar-refractivity contribution in [3.05, 3.63) is 94.5 Å². The fourth-order valence-electron chi connectivity index (χ4n) is 2.94. The van der Waals surface area contributed by atoms with E-state index in [0.717, 1.165) is 34.4 Å². The number of benzene rings is 3. The van der Waals surface area contributed by atoms with Crippen molar-refractivity contribution in [1.29, 1.82) is 0 Å². The summed E-state index contributed by atoms with van der Waals surface area (Å²) in [7, 11) is 0. The molecule has 0 bridgehead atoms. The summed E-state index contributed by atoms with van der Waals surface area (Å²) in [6.45, 7) is 3.85.